The minimum atomic E-state index is -0.261. The first-order valence-corrected chi connectivity index (χ1v) is 10.6. The van der Waals surface area contributed by atoms with E-state index in [2.05, 4.69) is 6.92 Å². The number of esters is 1. The Morgan fingerprint density at radius 3 is 1.92 bits per heavy atom. The lowest BCUT2D eigenvalue weighted by Gasteiger charge is -2.11. The Balaban J connectivity index is 1.78. The lowest BCUT2D eigenvalue weighted by molar-refractivity contribution is -0.145. The second kappa shape index (κ2) is 15.6. The van der Waals surface area contributed by atoms with Crippen LogP contribution in [0.3, 0.4) is 0 Å². The largest absolute Gasteiger partial charge is 0.463 e. The predicted molar refractivity (Wildman–Crippen MR) is 102 cm³/mol. The van der Waals surface area contributed by atoms with E-state index in [-0.39, 0.29) is 18.4 Å². The van der Waals surface area contributed by atoms with Crippen LogP contribution in [0.2, 0.25) is 0 Å². The lowest BCUT2D eigenvalue weighted by Crippen LogP contribution is -2.20. The molecule has 0 amide bonds. The minimum absolute atomic E-state index is 0.0872. The maximum atomic E-state index is 10.8. The van der Waals surface area contributed by atoms with E-state index in [1.165, 1.54) is 84.0 Å². The molecule has 0 unspecified atom stereocenters. The Kier molecular flexibility index (Phi) is 14.0. The van der Waals surface area contributed by atoms with Gasteiger partial charge < -0.3 is 14.2 Å². The number of carbonyl (C=O) groups is 1. The van der Waals surface area contributed by atoms with Crippen molar-refractivity contribution in [3.05, 3.63) is 0 Å². The summed E-state index contributed by atoms with van der Waals surface area (Å²) in [5.74, 6) is -0.261. The van der Waals surface area contributed by atoms with E-state index in [0.717, 1.165) is 12.8 Å². The predicted octanol–water partition coefficient (Wildman–Crippen LogP) is 5.77. The van der Waals surface area contributed by atoms with Crippen molar-refractivity contribution in [2.75, 3.05) is 13.2 Å². The van der Waals surface area contributed by atoms with Gasteiger partial charge in [0.15, 0.2) is 6.29 Å². The van der Waals surface area contributed by atoms with Gasteiger partial charge in [-0.05, 0) is 12.8 Å². The van der Waals surface area contributed by atoms with Crippen molar-refractivity contribution in [2.45, 2.75) is 116 Å². The second-order valence-electron chi connectivity index (χ2n) is 7.35. The smallest absolute Gasteiger partial charge is 0.302 e. The molecule has 0 aromatic carbocycles. The van der Waals surface area contributed by atoms with Crippen LogP contribution in [0.15, 0.2) is 0 Å². The number of hydrogen-bond acceptors (Lipinski definition) is 4. The average Bonchev–Trinajstić information content (AvgIpc) is 3.05. The van der Waals surface area contributed by atoms with E-state index in [0.29, 0.717) is 13.2 Å². The third-order valence-corrected chi connectivity index (χ3v) is 4.83. The summed E-state index contributed by atoms with van der Waals surface area (Å²) in [4.78, 5) is 10.8. The molecule has 25 heavy (non-hydrogen) atoms. The minimum Gasteiger partial charge on any atom is -0.463 e. The summed E-state index contributed by atoms with van der Waals surface area (Å²) >= 11 is 0. The van der Waals surface area contributed by atoms with E-state index in [9.17, 15) is 4.79 Å². The fraction of sp³-hybridized carbons (Fsp3) is 0.952. The van der Waals surface area contributed by atoms with E-state index in [1.54, 1.807) is 0 Å². The number of rotatable bonds is 16. The van der Waals surface area contributed by atoms with Crippen LogP contribution in [0.1, 0.15) is 104 Å². The molecule has 1 aliphatic rings. The molecule has 2 atom stereocenters. The van der Waals surface area contributed by atoms with Crippen molar-refractivity contribution in [3.8, 4) is 0 Å². The molecule has 0 aliphatic carbocycles. The molecule has 0 spiro atoms. The van der Waals surface area contributed by atoms with Gasteiger partial charge in [-0.3, -0.25) is 4.79 Å². The fourth-order valence-electron chi connectivity index (χ4n) is 3.29. The first kappa shape index (κ1) is 22.4. The summed E-state index contributed by atoms with van der Waals surface area (Å²) < 4.78 is 16.3. The molecule has 0 saturated carbocycles. The first-order chi connectivity index (χ1) is 12.2. The SMILES string of the molecule is CCCCCCCCCCCCCCC[C@H]1OC[C@@H](COC(C)=O)O1. The van der Waals surface area contributed by atoms with E-state index < -0.39 is 0 Å². The molecule has 0 aromatic heterocycles. The van der Waals surface area contributed by atoms with Crippen LogP contribution in [-0.2, 0) is 19.0 Å². The van der Waals surface area contributed by atoms with Crippen LogP contribution < -0.4 is 0 Å². The maximum Gasteiger partial charge on any atom is 0.302 e. The molecule has 0 bridgehead atoms. The zero-order valence-corrected chi connectivity index (χ0v) is 16.6. The highest BCUT2D eigenvalue weighted by molar-refractivity contribution is 5.65. The number of unbranched alkanes of at least 4 members (excludes halogenated alkanes) is 12. The van der Waals surface area contributed by atoms with E-state index in [4.69, 9.17) is 14.2 Å². The van der Waals surface area contributed by atoms with Gasteiger partial charge >= 0.3 is 5.97 Å². The summed E-state index contributed by atoms with van der Waals surface area (Å²) in [5.41, 5.74) is 0. The van der Waals surface area contributed by atoms with Crippen LogP contribution in [0.25, 0.3) is 0 Å². The standard InChI is InChI=1S/C21H40O4/c1-3-4-5-6-7-8-9-10-11-12-13-14-15-16-21-24-18-20(25-21)17-23-19(2)22/h20-21H,3-18H2,1-2H3/t20-,21+/m1/s1. The van der Waals surface area contributed by atoms with Crippen molar-refractivity contribution in [3.63, 3.8) is 0 Å². The number of ether oxygens (including phenoxy) is 3. The van der Waals surface area contributed by atoms with Crippen molar-refractivity contribution >= 4 is 5.97 Å². The molecule has 0 aromatic rings. The molecule has 4 nitrogen and oxygen atoms in total. The summed E-state index contributed by atoms with van der Waals surface area (Å²) in [6.07, 6.45) is 18.5. The van der Waals surface area contributed by atoms with Crippen molar-refractivity contribution in [1.82, 2.24) is 0 Å². The highest BCUT2D eigenvalue weighted by Gasteiger charge is 2.26. The molecule has 1 saturated heterocycles. The van der Waals surface area contributed by atoms with Crippen molar-refractivity contribution in [1.29, 1.82) is 0 Å². The summed E-state index contributed by atoms with van der Waals surface area (Å²) in [7, 11) is 0. The fourth-order valence-corrected chi connectivity index (χ4v) is 3.29. The van der Waals surface area contributed by atoms with Gasteiger partial charge in [0.2, 0.25) is 0 Å². The van der Waals surface area contributed by atoms with Crippen LogP contribution in [0.5, 0.6) is 0 Å². The highest BCUT2D eigenvalue weighted by Crippen LogP contribution is 2.19. The summed E-state index contributed by atoms with van der Waals surface area (Å²) in [6, 6.07) is 0. The van der Waals surface area contributed by atoms with Crippen LogP contribution in [0.4, 0.5) is 0 Å². The van der Waals surface area contributed by atoms with E-state index >= 15 is 0 Å². The molecule has 1 aliphatic heterocycles. The first-order valence-electron chi connectivity index (χ1n) is 10.6. The Morgan fingerprint density at radius 2 is 1.40 bits per heavy atom. The highest BCUT2D eigenvalue weighted by atomic mass is 16.7. The topological polar surface area (TPSA) is 44.8 Å². The Morgan fingerprint density at radius 1 is 0.880 bits per heavy atom. The van der Waals surface area contributed by atoms with Gasteiger partial charge in [-0.25, -0.2) is 0 Å². The quantitative estimate of drug-likeness (QED) is 0.260. The summed E-state index contributed by atoms with van der Waals surface area (Å²) in [5, 5.41) is 0. The molecule has 0 N–H and O–H groups in total. The van der Waals surface area contributed by atoms with Crippen LogP contribution >= 0.6 is 0 Å². The Hall–Kier alpha value is -0.610. The molecular formula is C21H40O4. The van der Waals surface area contributed by atoms with Crippen LogP contribution in [0, 0.1) is 0 Å². The zero-order valence-electron chi connectivity index (χ0n) is 16.6. The van der Waals surface area contributed by atoms with Gasteiger partial charge in [0.05, 0.1) is 6.61 Å². The zero-order chi connectivity index (χ0) is 18.2. The van der Waals surface area contributed by atoms with Gasteiger partial charge in [0.25, 0.3) is 0 Å². The lowest BCUT2D eigenvalue weighted by atomic mass is 10.0. The van der Waals surface area contributed by atoms with Gasteiger partial charge in [0.1, 0.15) is 12.7 Å². The molecule has 1 rings (SSSR count). The monoisotopic (exact) mass is 356 g/mol. The number of carbonyl (C=O) groups excluding carboxylic acids is 1. The van der Waals surface area contributed by atoms with E-state index in [1.807, 2.05) is 0 Å². The maximum absolute atomic E-state index is 10.8. The molecule has 1 heterocycles. The van der Waals surface area contributed by atoms with Crippen molar-refractivity contribution in [2.24, 2.45) is 0 Å². The third kappa shape index (κ3) is 13.3. The van der Waals surface area contributed by atoms with Gasteiger partial charge in [0, 0.05) is 6.92 Å². The Labute approximate surface area is 155 Å². The third-order valence-electron chi connectivity index (χ3n) is 4.83. The van der Waals surface area contributed by atoms with Crippen LogP contribution in [-0.4, -0.2) is 31.6 Å². The van der Waals surface area contributed by atoms with Crippen molar-refractivity contribution < 1.29 is 19.0 Å². The van der Waals surface area contributed by atoms with Gasteiger partial charge in [-0.2, -0.15) is 0 Å². The van der Waals surface area contributed by atoms with Gasteiger partial charge in [-0.15, -0.1) is 0 Å². The molecule has 4 heteroatoms. The summed E-state index contributed by atoms with van der Waals surface area (Å²) in [6.45, 7) is 4.54. The average molecular weight is 357 g/mol. The van der Waals surface area contributed by atoms with Gasteiger partial charge in [-0.1, -0.05) is 84.0 Å². The Bertz CT molecular complexity index is 319. The second-order valence-corrected chi connectivity index (χ2v) is 7.35. The number of hydrogen-bond donors (Lipinski definition) is 0. The molecule has 1 fully saturated rings. The molecule has 148 valence electrons. The normalized spacial score (nSPS) is 20.1. The molecular weight excluding hydrogens is 316 g/mol. The molecule has 0 radical (unpaired) electrons.